The van der Waals surface area contributed by atoms with Gasteiger partial charge in [0, 0.05) is 24.6 Å². The summed E-state index contributed by atoms with van der Waals surface area (Å²) in [6.45, 7) is 3.83. The van der Waals surface area contributed by atoms with Crippen molar-refractivity contribution >= 4 is 15.7 Å². The van der Waals surface area contributed by atoms with Crippen LogP contribution in [0.4, 0.5) is 5.69 Å². The molecule has 3 N–H and O–H groups in total. The third kappa shape index (κ3) is 3.80. The number of sulfonamides is 1. The van der Waals surface area contributed by atoms with Gasteiger partial charge in [-0.3, -0.25) is 4.98 Å². The Kier molecular flexibility index (Phi) is 4.59. The molecule has 6 heteroatoms. The number of nitrogen functional groups attached to an aromatic ring is 1. The lowest BCUT2D eigenvalue weighted by Crippen LogP contribution is -2.27. The average Bonchev–Trinajstić information content (AvgIpc) is 2.38. The molecule has 0 amide bonds. The van der Waals surface area contributed by atoms with Crippen molar-refractivity contribution < 1.29 is 8.42 Å². The molecule has 1 heterocycles. The van der Waals surface area contributed by atoms with Gasteiger partial charge in [0.25, 0.3) is 0 Å². The summed E-state index contributed by atoms with van der Waals surface area (Å²) in [5.74, 6) is 0. The molecule has 0 saturated carbocycles. The Hall–Kier alpha value is -1.92. The van der Waals surface area contributed by atoms with E-state index in [4.69, 9.17) is 5.73 Å². The summed E-state index contributed by atoms with van der Waals surface area (Å²) < 4.78 is 27.4. The zero-order valence-corrected chi connectivity index (χ0v) is 12.9. The maximum Gasteiger partial charge on any atom is 0.241 e. The summed E-state index contributed by atoms with van der Waals surface area (Å²) in [5, 5.41) is 0. The van der Waals surface area contributed by atoms with Gasteiger partial charge in [0.1, 0.15) is 0 Å². The molecule has 1 aromatic heterocycles. The maximum absolute atomic E-state index is 12.4. The van der Waals surface area contributed by atoms with Crippen molar-refractivity contribution in [2.75, 3.05) is 12.3 Å². The molecular formula is C15H19N3O2S. The van der Waals surface area contributed by atoms with Gasteiger partial charge in [-0.2, -0.15) is 0 Å². The van der Waals surface area contributed by atoms with Crippen LogP contribution in [0.1, 0.15) is 16.7 Å². The minimum absolute atomic E-state index is 0.308. The number of nitrogens with two attached hydrogens (primary N) is 1. The molecule has 0 bridgehead atoms. The number of nitrogens with zero attached hydrogens (tertiary/aromatic N) is 1. The number of rotatable bonds is 5. The van der Waals surface area contributed by atoms with E-state index in [1.54, 1.807) is 38.4 Å². The SMILES string of the molecule is Cc1cc(N)cc(C)c1S(=O)(=O)NCCc1cccnc1. The van der Waals surface area contributed by atoms with Crippen molar-refractivity contribution in [1.82, 2.24) is 9.71 Å². The standard InChI is InChI=1S/C15H19N3O2S/c1-11-8-14(16)9-12(2)15(11)21(19,20)18-7-5-13-4-3-6-17-10-13/h3-4,6,8-10,18H,5,7,16H2,1-2H3. The van der Waals surface area contributed by atoms with E-state index in [1.165, 1.54) is 0 Å². The average molecular weight is 305 g/mol. The molecule has 0 unspecified atom stereocenters. The molecular weight excluding hydrogens is 286 g/mol. The van der Waals surface area contributed by atoms with Gasteiger partial charge in [-0.1, -0.05) is 6.07 Å². The highest BCUT2D eigenvalue weighted by Crippen LogP contribution is 2.22. The molecule has 0 saturated heterocycles. The molecule has 0 aliphatic carbocycles. The number of anilines is 1. The Bertz CT molecular complexity index is 705. The highest BCUT2D eigenvalue weighted by atomic mass is 32.2. The molecule has 2 aromatic rings. The fourth-order valence-electron chi connectivity index (χ4n) is 2.36. The van der Waals surface area contributed by atoms with Crippen LogP contribution in [0.25, 0.3) is 0 Å². The van der Waals surface area contributed by atoms with E-state index < -0.39 is 10.0 Å². The van der Waals surface area contributed by atoms with Crippen LogP contribution in [0.15, 0.2) is 41.6 Å². The number of hydrogen-bond acceptors (Lipinski definition) is 4. The molecule has 2 rings (SSSR count). The normalized spacial score (nSPS) is 11.5. The van der Waals surface area contributed by atoms with Gasteiger partial charge < -0.3 is 5.73 Å². The summed E-state index contributed by atoms with van der Waals surface area (Å²) in [6, 6.07) is 7.09. The van der Waals surface area contributed by atoms with Gasteiger partial charge >= 0.3 is 0 Å². The van der Waals surface area contributed by atoms with Crippen LogP contribution >= 0.6 is 0 Å². The maximum atomic E-state index is 12.4. The first-order valence-corrected chi connectivity index (χ1v) is 8.14. The van der Waals surface area contributed by atoms with E-state index >= 15 is 0 Å². The van der Waals surface area contributed by atoms with E-state index in [-0.39, 0.29) is 0 Å². The van der Waals surface area contributed by atoms with Crippen molar-refractivity contribution in [3.8, 4) is 0 Å². The van der Waals surface area contributed by atoms with Gasteiger partial charge in [0.05, 0.1) is 4.90 Å². The van der Waals surface area contributed by atoms with E-state index in [2.05, 4.69) is 9.71 Å². The largest absolute Gasteiger partial charge is 0.399 e. The lowest BCUT2D eigenvalue weighted by atomic mass is 10.1. The third-order valence-corrected chi connectivity index (χ3v) is 4.95. The Labute approximate surface area is 125 Å². The van der Waals surface area contributed by atoms with Crippen LogP contribution in [-0.2, 0) is 16.4 Å². The van der Waals surface area contributed by atoms with E-state index in [0.29, 0.717) is 34.7 Å². The first-order chi connectivity index (χ1) is 9.90. The molecule has 1 aromatic carbocycles. The van der Waals surface area contributed by atoms with Gasteiger partial charge in [0.15, 0.2) is 0 Å². The second kappa shape index (κ2) is 6.24. The molecule has 0 fully saturated rings. The lowest BCUT2D eigenvalue weighted by molar-refractivity contribution is 0.580. The highest BCUT2D eigenvalue weighted by molar-refractivity contribution is 7.89. The third-order valence-electron chi connectivity index (χ3n) is 3.18. The Morgan fingerprint density at radius 1 is 1.24 bits per heavy atom. The van der Waals surface area contributed by atoms with E-state index in [0.717, 1.165) is 5.56 Å². The summed E-state index contributed by atoms with van der Waals surface area (Å²) in [7, 11) is -3.53. The Balaban J connectivity index is 2.12. The van der Waals surface area contributed by atoms with E-state index in [9.17, 15) is 8.42 Å². The number of aromatic nitrogens is 1. The van der Waals surface area contributed by atoms with Gasteiger partial charge in [-0.05, 0) is 55.2 Å². The predicted molar refractivity (Wildman–Crippen MR) is 83.5 cm³/mol. The van der Waals surface area contributed by atoms with Crippen LogP contribution in [0.3, 0.4) is 0 Å². The molecule has 0 aliphatic heterocycles. The molecule has 0 radical (unpaired) electrons. The smallest absolute Gasteiger partial charge is 0.241 e. The van der Waals surface area contributed by atoms with Crippen LogP contribution in [0.5, 0.6) is 0 Å². The highest BCUT2D eigenvalue weighted by Gasteiger charge is 2.19. The zero-order valence-electron chi connectivity index (χ0n) is 12.1. The molecule has 0 atom stereocenters. The van der Waals surface area contributed by atoms with Crippen LogP contribution in [0.2, 0.25) is 0 Å². The fourth-order valence-corrected chi connectivity index (χ4v) is 3.84. The monoisotopic (exact) mass is 305 g/mol. The summed E-state index contributed by atoms with van der Waals surface area (Å²) in [5.41, 5.74) is 8.59. The van der Waals surface area contributed by atoms with Crippen molar-refractivity contribution in [2.45, 2.75) is 25.2 Å². The summed E-state index contributed by atoms with van der Waals surface area (Å²) in [4.78, 5) is 4.31. The second-order valence-corrected chi connectivity index (χ2v) is 6.70. The van der Waals surface area contributed by atoms with Crippen LogP contribution in [0, 0.1) is 13.8 Å². The number of hydrogen-bond donors (Lipinski definition) is 2. The molecule has 112 valence electrons. The molecule has 21 heavy (non-hydrogen) atoms. The number of nitrogens with one attached hydrogen (secondary N) is 1. The minimum atomic E-state index is -3.53. The number of pyridine rings is 1. The van der Waals surface area contributed by atoms with Crippen molar-refractivity contribution in [3.05, 3.63) is 53.3 Å². The Morgan fingerprint density at radius 2 is 1.90 bits per heavy atom. The van der Waals surface area contributed by atoms with Crippen LogP contribution < -0.4 is 10.5 Å². The molecule has 0 spiro atoms. The summed E-state index contributed by atoms with van der Waals surface area (Å²) >= 11 is 0. The molecule has 0 aliphatic rings. The predicted octanol–water partition coefficient (Wildman–Crippen LogP) is 1.80. The summed E-state index contributed by atoms with van der Waals surface area (Å²) in [6.07, 6.45) is 4.02. The van der Waals surface area contributed by atoms with Gasteiger partial charge in [0.2, 0.25) is 10.0 Å². The van der Waals surface area contributed by atoms with Gasteiger partial charge in [-0.25, -0.2) is 13.1 Å². The molecule has 5 nitrogen and oxygen atoms in total. The lowest BCUT2D eigenvalue weighted by Gasteiger charge is -2.13. The number of aryl methyl sites for hydroxylation is 2. The topological polar surface area (TPSA) is 85.1 Å². The van der Waals surface area contributed by atoms with Crippen molar-refractivity contribution in [1.29, 1.82) is 0 Å². The zero-order chi connectivity index (χ0) is 15.5. The fraction of sp³-hybridized carbons (Fsp3) is 0.267. The first-order valence-electron chi connectivity index (χ1n) is 6.65. The quantitative estimate of drug-likeness (QED) is 0.825. The van der Waals surface area contributed by atoms with Crippen LogP contribution in [-0.4, -0.2) is 19.9 Å². The Morgan fingerprint density at radius 3 is 2.48 bits per heavy atom. The van der Waals surface area contributed by atoms with Gasteiger partial charge in [-0.15, -0.1) is 0 Å². The second-order valence-electron chi connectivity index (χ2n) is 4.99. The van der Waals surface area contributed by atoms with Crippen molar-refractivity contribution in [2.24, 2.45) is 0 Å². The first kappa shape index (κ1) is 15.5. The van der Waals surface area contributed by atoms with Crippen molar-refractivity contribution in [3.63, 3.8) is 0 Å². The van der Waals surface area contributed by atoms with E-state index in [1.807, 2.05) is 12.1 Å². The minimum Gasteiger partial charge on any atom is -0.399 e. The number of benzene rings is 1.